The van der Waals surface area contributed by atoms with Crippen molar-refractivity contribution in [1.29, 1.82) is 0 Å². The topological polar surface area (TPSA) is 21.3 Å². The molecule has 2 atom stereocenters. The highest BCUT2D eigenvalue weighted by Crippen LogP contribution is 2.18. The van der Waals surface area contributed by atoms with Crippen molar-refractivity contribution in [2.24, 2.45) is 0 Å². The number of aryl methyl sites for hydroxylation is 3. The molecule has 0 aromatic heterocycles. The second-order valence-corrected chi connectivity index (χ2v) is 5.60. The fraction of sp³-hybridized carbons (Fsp3) is 0.625. The van der Waals surface area contributed by atoms with Crippen molar-refractivity contribution >= 4 is 0 Å². The Labute approximate surface area is 111 Å². The lowest BCUT2D eigenvalue weighted by molar-refractivity contribution is 0.0831. The first-order valence-electron chi connectivity index (χ1n) is 6.99. The highest BCUT2D eigenvalue weighted by molar-refractivity contribution is 5.37. The van der Waals surface area contributed by atoms with Gasteiger partial charge in [-0.2, -0.15) is 0 Å². The van der Waals surface area contributed by atoms with Crippen molar-refractivity contribution in [2.45, 2.75) is 59.2 Å². The van der Waals surface area contributed by atoms with E-state index in [1.165, 1.54) is 35.1 Å². The molecule has 2 nitrogen and oxygen atoms in total. The lowest BCUT2D eigenvalue weighted by Gasteiger charge is -2.21. The summed E-state index contributed by atoms with van der Waals surface area (Å²) in [5.41, 5.74) is 5.56. The molecular weight excluding hydrogens is 222 g/mol. The minimum Gasteiger partial charge on any atom is -0.377 e. The molecule has 18 heavy (non-hydrogen) atoms. The van der Waals surface area contributed by atoms with Gasteiger partial charge >= 0.3 is 0 Å². The highest BCUT2D eigenvalue weighted by atomic mass is 16.5. The minimum absolute atomic E-state index is 0.399. The molecule has 1 aromatic rings. The summed E-state index contributed by atoms with van der Waals surface area (Å²) >= 11 is 0. The van der Waals surface area contributed by atoms with Crippen molar-refractivity contribution in [1.82, 2.24) is 5.32 Å². The van der Waals surface area contributed by atoms with E-state index in [0.29, 0.717) is 12.1 Å². The van der Waals surface area contributed by atoms with Crippen molar-refractivity contribution in [2.75, 3.05) is 6.61 Å². The predicted molar refractivity (Wildman–Crippen MR) is 75.9 cm³/mol. The van der Waals surface area contributed by atoms with Gasteiger partial charge in [0.2, 0.25) is 0 Å². The van der Waals surface area contributed by atoms with Crippen molar-refractivity contribution in [3.8, 4) is 0 Å². The first kappa shape index (κ1) is 13.6. The van der Waals surface area contributed by atoms with Crippen LogP contribution in [0.15, 0.2) is 12.1 Å². The van der Waals surface area contributed by atoms with Crippen molar-refractivity contribution in [3.63, 3.8) is 0 Å². The molecule has 1 heterocycles. The summed E-state index contributed by atoms with van der Waals surface area (Å²) in [4.78, 5) is 0. The Bertz CT molecular complexity index is 385. The highest BCUT2D eigenvalue weighted by Gasteiger charge is 2.21. The Morgan fingerprint density at radius 3 is 2.50 bits per heavy atom. The van der Waals surface area contributed by atoms with E-state index in [2.05, 4.69) is 45.1 Å². The lowest BCUT2D eigenvalue weighted by Crippen LogP contribution is -2.36. The minimum atomic E-state index is 0.399. The van der Waals surface area contributed by atoms with Gasteiger partial charge in [0.1, 0.15) is 0 Å². The number of rotatable bonds is 4. The zero-order chi connectivity index (χ0) is 13.1. The molecule has 0 radical (unpaired) electrons. The molecule has 0 amide bonds. The van der Waals surface area contributed by atoms with Gasteiger partial charge in [0, 0.05) is 19.2 Å². The summed E-state index contributed by atoms with van der Waals surface area (Å²) in [6.45, 7) is 10.7. The van der Waals surface area contributed by atoms with Crippen LogP contribution in [0.3, 0.4) is 0 Å². The molecule has 1 aliphatic heterocycles. The molecule has 0 aliphatic carbocycles. The SMILES string of the molecule is Cc1cc(C)c(CNC(C)C2CCCO2)c(C)c1. The summed E-state index contributed by atoms with van der Waals surface area (Å²) in [5.74, 6) is 0. The van der Waals surface area contributed by atoms with E-state index in [4.69, 9.17) is 4.74 Å². The van der Waals surface area contributed by atoms with E-state index in [0.717, 1.165) is 13.2 Å². The van der Waals surface area contributed by atoms with Gasteiger partial charge in [-0.25, -0.2) is 0 Å². The van der Waals surface area contributed by atoms with Crippen molar-refractivity contribution in [3.05, 3.63) is 34.4 Å². The molecule has 0 saturated carbocycles. The smallest absolute Gasteiger partial charge is 0.0726 e. The van der Waals surface area contributed by atoms with Crippen LogP contribution in [-0.4, -0.2) is 18.8 Å². The maximum Gasteiger partial charge on any atom is 0.0726 e. The van der Waals surface area contributed by atoms with Gasteiger partial charge in [0.05, 0.1) is 6.10 Å². The second-order valence-electron chi connectivity index (χ2n) is 5.60. The molecule has 1 aliphatic rings. The standard InChI is InChI=1S/C16H25NO/c1-11-8-12(2)15(13(3)9-11)10-17-14(4)16-6-5-7-18-16/h8-9,14,16-17H,5-7,10H2,1-4H3. The maximum absolute atomic E-state index is 5.72. The largest absolute Gasteiger partial charge is 0.377 e. The molecule has 2 heteroatoms. The van der Waals surface area contributed by atoms with E-state index in [1.807, 2.05) is 0 Å². The Morgan fingerprint density at radius 2 is 1.94 bits per heavy atom. The molecule has 1 aromatic carbocycles. The molecule has 2 rings (SSSR count). The fourth-order valence-electron chi connectivity index (χ4n) is 2.88. The molecule has 0 spiro atoms. The molecule has 1 fully saturated rings. The third-order valence-corrected chi connectivity index (χ3v) is 3.96. The van der Waals surface area contributed by atoms with Crippen LogP contribution >= 0.6 is 0 Å². The van der Waals surface area contributed by atoms with Gasteiger partial charge < -0.3 is 10.1 Å². The van der Waals surface area contributed by atoms with Crippen LogP contribution in [0.1, 0.15) is 42.0 Å². The zero-order valence-electron chi connectivity index (χ0n) is 12.0. The average Bonchev–Trinajstić information content (AvgIpc) is 2.80. The fourth-order valence-corrected chi connectivity index (χ4v) is 2.88. The summed E-state index contributed by atoms with van der Waals surface area (Å²) in [7, 11) is 0. The Hall–Kier alpha value is -0.860. The van der Waals surface area contributed by atoms with Crippen LogP contribution in [0.4, 0.5) is 0 Å². The number of hydrogen-bond acceptors (Lipinski definition) is 2. The summed E-state index contributed by atoms with van der Waals surface area (Å²) in [6.07, 6.45) is 2.80. The van der Waals surface area contributed by atoms with Gasteiger partial charge in [-0.3, -0.25) is 0 Å². The lowest BCUT2D eigenvalue weighted by atomic mass is 9.99. The quantitative estimate of drug-likeness (QED) is 0.881. The van der Waals surface area contributed by atoms with Crippen LogP contribution in [0.25, 0.3) is 0 Å². The first-order valence-corrected chi connectivity index (χ1v) is 6.99. The van der Waals surface area contributed by atoms with E-state index in [1.54, 1.807) is 0 Å². The van der Waals surface area contributed by atoms with Gasteiger partial charge in [-0.1, -0.05) is 17.7 Å². The van der Waals surface area contributed by atoms with Crippen LogP contribution in [0.2, 0.25) is 0 Å². The summed E-state index contributed by atoms with van der Waals surface area (Å²) in [6, 6.07) is 4.97. The summed E-state index contributed by atoms with van der Waals surface area (Å²) in [5, 5.41) is 3.62. The molecular formula is C16H25NO. The van der Waals surface area contributed by atoms with E-state index < -0.39 is 0 Å². The van der Waals surface area contributed by atoms with Gasteiger partial charge in [0.25, 0.3) is 0 Å². The molecule has 1 saturated heterocycles. The number of ether oxygens (including phenoxy) is 1. The molecule has 0 bridgehead atoms. The third-order valence-electron chi connectivity index (χ3n) is 3.96. The monoisotopic (exact) mass is 247 g/mol. The van der Waals surface area contributed by atoms with Crippen LogP contribution < -0.4 is 5.32 Å². The maximum atomic E-state index is 5.72. The normalized spacial score (nSPS) is 21.2. The Balaban J connectivity index is 1.97. The van der Waals surface area contributed by atoms with Gasteiger partial charge in [-0.05, 0) is 57.2 Å². The molecule has 1 N–H and O–H groups in total. The average molecular weight is 247 g/mol. The Morgan fingerprint density at radius 1 is 1.28 bits per heavy atom. The molecule has 100 valence electrons. The molecule has 2 unspecified atom stereocenters. The number of hydrogen-bond donors (Lipinski definition) is 1. The number of nitrogens with one attached hydrogen (secondary N) is 1. The van der Waals surface area contributed by atoms with Crippen LogP contribution in [0.5, 0.6) is 0 Å². The van der Waals surface area contributed by atoms with Crippen LogP contribution in [0, 0.1) is 20.8 Å². The Kier molecular flexibility index (Phi) is 4.41. The van der Waals surface area contributed by atoms with Crippen LogP contribution in [-0.2, 0) is 11.3 Å². The van der Waals surface area contributed by atoms with Gasteiger partial charge in [-0.15, -0.1) is 0 Å². The zero-order valence-corrected chi connectivity index (χ0v) is 12.0. The van der Waals surface area contributed by atoms with E-state index >= 15 is 0 Å². The second kappa shape index (κ2) is 5.85. The first-order chi connectivity index (χ1) is 8.58. The number of benzene rings is 1. The van der Waals surface area contributed by atoms with E-state index in [-0.39, 0.29) is 0 Å². The predicted octanol–water partition coefficient (Wildman–Crippen LogP) is 3.27. The third kappa shape index (κ3) is 3.12. The summed E-state index contributed by atoms with van der Waals surface area (Å²) < 4.78 is 5.72. The van der Waals surface area contributed by atoms with Gasteiger partial charge in [0.15, 0.2) is 0 Å². The van der Waals surface area contributed by atoms with Crippen molar-refractivity contribution < 1.29 is 4.74 Å². The van der Waals surface area contributed by atoms with E-state index in [9.17, 15) is 0 Å².